The molecule has 0 saturated heterocycles. The van der Waals surface area contributed by atoms with Gasteiger partial charge in [-0.05, 0) is 24.1 Å². The van der Waals surface area contributed by atoms with Crippen molar-refractivity contribution in [3.63, 3.8) is 0 Å². The van der Waals surface area contributed by atoms with Crippen molar-refractivity contribution in [2.75, 3.05) is 13.0 Å². The zero-order valence-corrected chi connectivity index (χ0v) is 9.10. The second kappa shape index (κ2) is 5.01. The third kappa shape index (κ3) is 2.48. The van der Waals surface area contributed by atoms with E-state index in [9.17, 15) is 4.79 Å². The topological polar surface area (TPSA) is 26.3 Å². The first kappa shape index (κ1) is 11.1. The lowest BCUT2D eigenvalue weighted by Gasteiger charge is -2.08. The summed E-state index contributed by atoms with van der Waals surface area (Å²) in [6.07, 6.45) is 0.381. The molecule has 0 unspecified atom stereocenters. The fourth-order valence-corrected chi connectivity index (χ4v) is 1.43. The summed E-state index contributed by atoms with van der Waals surface area (Å²) >= 11 is 5.45. The van der Waals surface area contributed by atoms with E-state index in [2.05, 4.69) is 0 Å². The van der Waals surface area contributed by atoms with Crippen LogP contribution in [0, 0.1) is 6.92 Å². The number of halogens is 1. The maximum atomic E-state index is 11.2. The Hall–Kier alpha value is -1.02. The van der Waals surface area contributed by atoms with E-state index in [1.165, 1.54) is 0 Å². The molecule has 0 heterocycles. The summed E-state index contributed by atoms with van der Waals surface area (Å²) in [6, 6.07) is 5.68. The number of carbonyl (C=O) groups is 1. The summed E-state index contributed by atoms with van der Waals surface area (Å²) in [4.78, 5) is 11.2. The number of benzene rings is 1. The Balaban J connectivity index is 2.92. The molecule has 0 amide bonds. The van der Waals surface area contributed by atoms with Gasteiger partial charge in [0.1, 0.15) is 5.75 Å². The van der Waals surface area contributed by atoms with Gasteiger partial charge in [-0.25, -0.2) is 0 Å². The Bertz CT molecular complexity index is 334. The summed E-state index contributed by atoms with van der Waals surface area (Å²) < 4.78 is 5.16. The molecule has 0 aliphatic rings. The molecule has 0 N–H and O–H groups in total. The molecule has 3 heteroatoms. The average Bonchev–Trinajstić information content (AvgIpc) is 2.21. The standard InChI is InChI=1S/C11H13ClO2/c1-8-9(6-10(13)7-12)4-3-5-11(8)14-2/h3-5H,6-7H2,1-2H3. The van der Waals surface area contributed by atoms with Crippen LogP contribution >= 0.6 is 11.6 Å². The summed E-state index contributed by atoms with van der Waals surface area (Å²) in [7, 11) is 1.62. The lowest BCUT2D eigenvalue weighted by Crippen LogP contribution is -2.05. The number of methoxy groups -OCH3 is 1. The molecule has 0 bridgehead atoms. The van der Waals surface area contributed by atoms with E-state index in [0.717, 1.165) is 16.9 Å². The molecule has 0 atom stereocenters. The Morgan fingerprint density at radius 1 is 1.50 bits per heavy atom. The van der Waals surface area contributed by atoms with Crippen LogP contribution in [0.5, 0.6) is 5.75 Å². The highest BCUT2D eigenvalue weighted by molar-refractivity contribution is 6.27. The van der Waals surface area contributed by atoms with E-state index in [4.69, 9.17) is 16.3 Å². The van der Waals surface area contributed by atoms with Crippen LogP contribution in [0.15, 0.2) is 18.2 Å². The van der Waals surface area contributed by atoms with Gasteiger partial charge < -0.3 is 4.74 Å². The number of carbonyl (C=O) groups excluding carboxylic acids is 1. The normalized spacial score (nSPS) is 9.93. The second-order valence-electron chi connectivity index (χ2n) is 3.09. The van der Waals surface area contributed by atoms with E-state index in [1.807, 2.05) is 25.1 Å². The molecule has 0 fully saturated rings. The van der Waals surface area contributed by atoms with Gasteiger partial charge in [-0.3, -0.25) is 4.79 Å². The fraction of sp³-hybridized carbons (Fsp3) is 0.364. The first-order valence-corrected chi connectivity index (χ1v) is 4.92. The fourth-order valence-electron chi connectivity index (χ4n) is 1.33. The quantitative estimate of drug-likeness (QED) is 0.717. The molecule has 1 aromatic carbocycles. The molecule has 0 radical (unpaired) electrons. The highest BCUT2D eigenvalue weighted by Gasteiger charge is 2.07. The van der Waals surface area contributed by atoms with Gasteiger partial charge in [0.2, 0.25) is 0 Å². The van der Waals surface area contributed by atoms with Crippen molar-refractivity contribution >= 4 is 17.4 Å². The zero-order valence-electron chi connectivity index (χ0n) is 8.34. The molecule has 2 nitrogen and oxygen atoms in total. The minimum atomic E-state index is 0.0306. The van der Waals surface area contributed by atoms with Crippen molar-refractivity contribution in [2.24, 2.45) is 0 Å². The van der Waals surface area contributed by atoms with Crippen molar-refractivity contribution in [1.29, 1.82) is 0 Å². The Morgan fingerprint density at radius 2 is 2.21 bits per heavy atom. The van der Waals surface area contributed by atoms with E-state index in [-0.39, 0.29) is 11.7 Å². The van der Waals surface area contributed by atoms with E-state index >= 15 is 0 Å². The van der Waals surface area contributed by atoms with Crippen molar-refractivity contribution in [3.05, 3.63) is 29.3 Å². The van der Waals surface area contributed by atoms with Crippen LogP contribution in [-0.4, -0.2) is 18.8 Å². The zero-order chi connectivity index (χ0) is 10.6. The van der Waals surface area contributed by atoms with Gasteiger partial charge in [0.25, 0.3) is 0 Å². The van der Waals surface area contributed by atoms with E-state index in [0.29, 0.717) is 6.42 Å². The monoisotopic (exact) mass is 212 g/mol. The van der Waals surface area contributed by atoms with Crippen LogP contribution in [-0.2, 0) is 11.2 Å². The summed E-state index contributed by atoms with van der Waals surface area (Å²) in [5.41, 5.74) is 1.99. The Morgan fingerprint density at radius 3 is 2.79 bits per heavy atom. The summed E-state index contributed by atoms with van der Waals surface area (Å²) in [6.45, 7) is 1.94. The van der Waals surface area contributed by atoms with Crippen molar-refractivity contribution in [2.45, 2.75) is 13.3 Å². The highest BCUT2D eigenvalue weighted by Crippen LogP contribution is 2.21. The molecular weight excluding hydrogens is 200 g/mol. The van der Waals surface area contributed by atoms with Crippen molar-refractivity contribution in [3.8, 4) is 5.75 Å². The van der Waals surface area contributed by atoms with Crippen molar-refractivity contribution in [1.82, 2.24) is 0 Å². The third-order valence-corrected chi connectivity index (χ3v) is 2.45. The van der Waals surface area contributed by atoms with Gasteiger partial charge in [-0.15, -0.1) is 11.6 Å². The Kier molecular flexibility index (Phi) is 3.96. The van der Waals surface area contributed by atoms with E-state index < -0.39 is 0 Å². The Labute approximate surface area is 88.8 Å². The van der Waals surface area contributed by atoms with Crippen LogP contribution in [0.25, 0.3) is 0 Å². The molecule has 0 aromatic heterocycles. The van der Waals surface area contributed by atoms with Crippen LogP contribution in [0.2, 0.25) is 0 Å². The van der Waals surface area contributed by atoms with Gasteiger partial charge in [-0.1, -0.05) is 12.1 Å². The molecular formula is C11H13ClO2. The van der Waals surface area contributed by atoms with Crippen molar-refractivity contribution < 1.29 is 9.53 Å². The molecule has 14 heavy (non-hydrogen) atoms. The maximum absolute atomic E-state index is 11.2. The number of rotatable bonds is 4. The first-order chi connectivity index (χ1) is 6.69. The van der Waals surface area contributed by atoms with Gasteiger partial charge >= 0.3 is 0 Å². The lowest BCUT2D eigenvalue weighted by atomic mass is 10.0. The maximum Gasteiger partial charge on any atom is 0.151 e. The van der Waals surface area contributed by atoms with Gasteiger partial charge in [0, 0.05) is 6.42 Å². The third-order valence-electron chi connectivity index (χ3n) is 2.15. The highest BCUT2D eigenvalue weighted by atomic mass is 35.5. The van der Waals surface area contributed by atoms with Crippen LogP contribution in [0.4, 0.5) is 0 Å². The number of hydrogen-bond acceptors (Lipinski definition) is 2. The van der Waals surface area contributed by atoms with Crippen LogP contribution < -0.4 is 4.74 Å². The molecule has 1 aromatic rings. The predicted molar refractivity (Wildman–Crippen MR) is 57.2 cm³/mol. The second-order valence-corrected chi connectivity index (χ2v) is 3.36. The largest absolute Gasteiger partial charge is 0.496 e. The number of Topliss-reactive ketones (excluding diaryl/α,β-unsaturated/α-hetero) is 1. The van der Waals surface area contributed by atoms with Gasteiger partial charge in [-0.2, -0.15) is 0 Å². The van der Waals surface area contributed by atoms with Gasteiger partial charge in [0.15, 0.2) is 5.78 Å². The van der Waals surface area contributed by atoms with Crippen LogP contribution in [0.1, 0.15) is 11.1 Å². The van der Waals surface area contributed by atoms with Gasteiger partial charge in [0.05, 0.1) is 13.0 Å². The predicted octanol–water partition coefficient (Wildman–Crippen LogP) is 2.35. The van der Waals surface area contributed by atoms with Crippen LogP contribution in [0.3, 0.4) is 0 Å². The minimum absolute atomic E-state index is 0.0306. The molecule has 76 valence electrons. The smallest absolute Gasteiger partial charge is 0.151 e. The number of alkyl halides is 1. The number of hydrogen-bond donors (Lipinski definition) is 0. The molecule has 0 saturated carbocycles. The summed E-state index contributed by atoms with van der Waals surface area (Å²) in [5.74, 6) is 0.907. The SMILES string of the molecule is COc1cccc(CC(=O)CCl)c1C. The summed E-state index contributed by atoms with van der Waals surface area (Å²) in [5, 5.41) is 0. The van der Waals surface area contributed by atoms with E-state index in [1.54, 1.807) is 7.11 Å². The number of ketones is 1. The first-order valence-electron chi connectivity index (χ1n) is 4.39. The number of ether oxygens (including phenoxy) is 1. The average molecular weight is 213 g/mol. The molecule has 0 aliphatic carbocycles. The minimum Gasteiger partial charge on any atom is -0.496 e. The molecule has 1 rings (SSSR count). The molecule has 0 aliphatic heterocycles. The molecule has 0 spiro atoms. The lowest BCUT2D eigenvalue weighted by molar-refractivity contribution is -0.116.